The van der Waals surface area contributed by atoms with Crippen molar-refractivity contribution in [2.24, 2.45) is 0 Å². The average Bonchev–Trinajstić information content (AvgIpc) is 3.06. The van der Waals surface area contributed by atoms with E-state index in [2.05, 4.69) is 145 Å². The molecule has 3 aromatic carbocycles. The molecule has 0 saturated carbocycles. The molecule has 48 heavy (non-hydrogen) atoms. The first-order chi connectivity index (χ1) is 22.4. The lowest BCUT2D eigenvalue weighted by Crippen LogP contribution is -2.57. The quantitative estimate of drug-likeness (QED) is 0.105. The number of rotatable bonds is 6. The fourth-order valence-corrected chi connectivity index (χ4v) is 13.2. The zero-order chi connectivity index (χ0) is 35.5. The van der Waals surface area contributed by atoms with Crippen molar-refractivity contribution < 1.29 is 0 Å². The van der Waals surface area contributed by atoms with Crippen LogP contribution >= 0.6 is 0 Å². The second-order valence-corrected chi connectivity index (χ2v) is 27.2. The first kappa shape index (κ1) is 36.8. The topological polar surface area (TPSA) is 0 Å². The van der Waals surface area contributed by atoms with Gasteiger partial charge < -0.3 is 0 Å². The van der Waals surface area contributed by atoms with Gasteiger partial charge in [-0.2, -0.15) is 0 Å². The van der Waals surface area contributed by atoms with Crippen LogP contribution in [-0.4, -0.2) is 98.7 Å². The third-order valence-electron chi connectivity index (χ3n) is 13.3. The molecular weight excluding hydrogens is 617 g/mol. The van der Waals surface area contributed by atoms with Crippen LogP contribution in [0.4, 0.5) is 22.7 Å². The fourth-order valence-electron chi connectivity index (χ4n) is 8.38. The first-order valence-corrected chi connectivity index (χ1v) is 24.2. The predicted octanol–water partition coefficient (Wildman–Crippen LogP) is 9.09. The Labute approximate surface area is 296 Å². The largest absolute Gasteiger partial charge is 0.286 e. The Kier molecular flexibility index (Phi) is 9.76. The predicted molar refractivity (Wildman–Crippen MR) is 224 cm³/mol. The van der Waals surface area contributed by atoms with Gasteiger partial charge in [-0.15, -0.1) is 11.1 Å². The van der Waals surface area contributed by atoms with Gasteiger partial charge in [0, 0.05) is 56.9 Å². The molecule has 0 atom stereocenters. The van der Waals surface area contributed by atoms with Crippen molar-refractivity contribution in [3.05, 3.63) is 35.4 Å². The van der Waals surface area contributed by atoms with Crippen molar-refractivity contribution in [2.75, 3.05) is 82.6 Å². The molecule has 0 radical (unpaired) electrons. The molecule has 2 heterocycles. The second kappa shape index (κ2) is 12.7. The third-order valence-corrected chi connectivity index (χ3v) is 22.7. The van der Waals surface area contributed by atoms with Crippen molar-refractivity contribution in [2.45, 2.75) is 77.8 Å². The zero-order valence-corrected chi connectivity index (χ0v) is 35.2. The minimum Gasteiger partial charge on any atom is -0.286 e. The summed E-state index contributed by atoms with van der Waals surface area (Å²) in [6.07, 6.45) is 0. The highest BCUT2D eigenvalue weighted by molar-refractivity contribution is 6.87. The van der Waals surface area contributed by atoms with Gasteiger partial charge in [0.15, 0.2) is 22.7 Å². The summed E-state index contributed by atoms with van der Waals surface area (Å²) < 4.78 is 3.59. The molecule has 0 aromatic heterocycles. The SMILES string of the molecule is CC[Si](C#Cc1c2cc3c(cc2c(C#C[Si](CC)(CC)CC)c2cc4c(cc12)[N+](C)(C)CC[N+]4(C)C)[N+](C)(C)CC[N+]3(C)C)(CC)CC. The number of hydrogen-bond acceptors (Lipinski definition) is 0. The first-order valence-electron chi connectivity index (χ1n) is 18.9. The summed E-state index contributed by atoms with van der Waals surface area (Å²) in [4.78, 5) is 0. The number of likely N-dealkylation sites (N-methyl/N-ethyl adjacent to an activating group) is 4. The molecule has 0 aliphatic carbocycles. The molecule has 258 valence electrons. The lowest BCUT2D eigenvalue weighted by atomic mass is 9.88. The van der Waals surface area contributed by atoms with Crippen LogP contribution in [0.2, 0.25) is 36.3 Å². The summed E-state index contributed by atoms with van der Waals surface area (Å²) in [5.41, 5.74) is 16.3. The van der Waals surface area contributed by atoms with Crippen molar-refractivity contribution in [3.8, 4) is 22.9 Å². The smallest absolute Gasteiger partial charge is 0.194 e. The summed E-state index contributed by atoms with van der Waals surface area (Å²) in [6.45, 7) is 18.7. The average molecular weight is 683 g/mol. The molecule has 0 bridgehead atoms. The molecule has 0 fully saturated rings. The van der Waals surface area contributed by atoms with Gasteiger partial charge in [-0.3, -0.25) is 17.9 Å². The Morgan fingerprint density at radius 3 is 0.812 bits per heavy atom. The molecule has 0 saturated heterocycles. The molecule has 3 aromatic rings. The highest BCUT2D eigenvalue weighted by atomic mass is 28.3. The maximum Gasteiger partial charge on any atom is 0.194 e. The van der Waals surface area contributed by atoms with E-state index >= 15 is 0 Å². The van der Waals surface area contributed by atoms with Gasteiger partial charge >= 0.3 is 0 Å². The van der Waals surface area contributed by atoms with Crippen molar-refractivity contribution in [3.63, 3.8) is 0 Å². The lowest BCUT2D eigenvalue weighted by Gasteiger charge is -2.43. The molecule has 6 heteroatoms. The Balaban J connectivity index is 2.08. The van der Waals surface area contributed by atoms with Gasteiger partial charge in [-0.05, 0) is 36.3 Å². The minimum absolute atomic E-state index is 0.897. The summed E-state index contributed by atoms with van der Waals surface area (Å²) in [5, 5.41) is 5.24. The van der Waals surface area contributed by atoms with Crippen LogP contribution in [0.15, 0.2) is 24.3 Å². The Hall–Kier alpha value is -2.43. The number of hydrogen-bond donors (Lipinski definition) is 0. The Morgan fingerprint density at radius 1 is 0.417 bits per heavy atom. The van der Waals surface area contributed by atoms with E-state index in [0.29, 0.717) is 0 Å². The van der Waals surface area contributed by atoms with E-state index in [-0.39, 0.29) is 0 Å². The van der Waals surface area contributed by atoms with Crippen LogP contribution in [0.1, 0.15) is 52.7 Å². The van der Waals surface area contributed by atoms with E-state index in [0.717, 1.165) is 44.1 Å². The van der Waals surface area contributed by atoms with Crippen LogP contribution in [0.3, 0.4) is 0 Å². The van der Waals surface area contributed by atoms with Crippen molar-refractivity contribution in [1.82, 2.24) is 17.9 Å². The molecule has 2 aliphatic rings. The monoisotopic (exact) mass is 682 g/mol. The maximum absolute atomic E-state index is 4.06. The molecule has 0 unspecified atom stereocenters. The summed E-state index contributed by atoms with van der Waals surface area (Å²) in [6, 6.07) is 17.5. The Morgan fingerprint density at radius 2 is 0.625 bits per heavy atom. The van der Waals surface area contributed by atoms with Crippen molar-refractivity contribution >= 4 is 60.4 Å². The zero-order valence-electron chi connectivity index (χ0n) is 33.2. The van der Waals surface area contributed by atoms with Crippen LogP contribution in [-0.2, 0) is 0 Å². The van der Waals surface area contributed by atoms with E-state index in [1.807, 2.05) is 0 Å². The van der Waals surface area contributed by atoms with Gasteiger partial charge in [-0.1, -0.05) is 53.4 Å². The standard InChI is InChI=1S/C42H66N4Si2/c1-15-47(16-2,17-3)27-21-33-35-29-39-41(45(11,12)25-23-43(39,7)8)31-37(35)34(22-28-48(18-4,19-5)20-6)38-32-42-40(30-36(33)38)44(9,10)24-26-46(42,13)14/h29-32H,15-20,23-26H2,1-14H3/q+4. The highest BCUT2D eigenvalue weighted by Gasteiger charge is 2.42. The van der Waals surface area contributed by atoms with Gasteiger partial charge in [0.1, 0.15) is 42.3 Å². The molecule has 5 rings (SSSR count). The van der Waals surface area contributed by atoms with Crippen LogP contribution in [0.25, 0.3) is 21.5 Å². The molecule has 4 nitrogen and oxygen atoms in total. The fraction of sp³-hybridized carbons (Fsp3) is 0.571. The van der Waals surface area contributed by atoms with E-state index in [9.17, 15) is 0 Å². The van der Waals surface area contributed by atoms with E-state index in [1.165, 1.54) is 91.7 Å². The summed E-state index contributed by atoms with van der Waals surface area (Å²) in [5.74, 6) is 8.03. The summed E-state index contributed by atoms with van der Waals surface area (Å²) in [7, 11) is 15.7. The molecule has 0 N–H and O–H groups in total. The molecule has 2 aliphatic heterocycles. The number of quaternary nitrogens is 4. The maximum atomic E-state index is 4.06. The highest BCUT2D eigenvalue weighted by Crippen LogP contribution is 2.48. The van der Waals surface area contributed by atoms with Gasteiger partial charge in [0.25, 0.3) is 0 Å². The molecule has 0 spiro atoms. The third kappa shape index (κ3) is 6.12. The number of nitrogens with zero attached hydrogens (tertiary/aromatic N) is 4. The van der Waals surface area contributed by atoms with Crippen LogP contribution < -0.4 is 17.9 Å². The minimum atomic E-state index is -1.70. The van der Waals surface area contributed by atoms with Gasteiger partial charge in [-0.25, -0.2) is 0 Å². The van der Waals surface area contributed by atoms with E-state index < -0.39 is 16.1 Å². The normalized spacial score (nSPS) is 19.1. The van der Waals surface area contributed by atoms with Crippen LogP contribution in [0.5, 0.6) is 0 Å². The number of benzene rings is 3. The second-order valence-electron chi connectivity index (χ2n) is 17.3. The van der Waals surface area contributed by atoms with Gasteiger partial charge in [0.2, 0.25) is 0 Å². The Bertz CT molecular complexity index is 1620. The van der Waals surface area contributed by atoms with Gasteiger partial charge in [0.05, 0.1) is 56.4 Å². The van der Waals surface area contributed by atoms with E-state index in [4.69, 9.17) is 0 Å². The molecule has 0 amide bonds. The number of fused-ring (bicyclic) bond motifs is 4. The lowest BCUT2D eigenvalue weighted by molar-refractivity contribution is 0.282. The van der Waals surface area contributed by atoms with Crippen LogP contribution in [0, 0.1) is 22.9 Å². The van der Waals surface area contributed by atoms with E-state index in [1.54, 1.807) is 0 Å². The van der Waals surface area contributed by atoms with Crippen molar-refractivity contribution in [1.29, 1.82) is 0 Å². The molecular formula is C42H66N4Si2+4. The summed E-state index contributed by atoms with van der Waals surface area (Å²) >= 11 is 0.